The van der Waals surface area contributed by atoms with Gasteiger partial charge in [-0.1, -0.05) is 13.8 Å². The molecule has 0 saturated heterocycles. The van der Waals surface area contributed by atoms with Gasteiger partial charge in [0.2, 0.25) is 5.91 Å². The van der Waals surface area contributed by atoms with Crippen molar-refractivity contribution in [2.24, 2.45) is 11.8 Å². The lowest BCUT2D eigenvalue weighted by Gasteiger charge is -2.33. The van der Waals surface area contributed by atoms with E-state index in [1.165, 1.54) is 19.3 Å². The van der Waals surface area contributed by atoms with Gasteiger partial charge in [0, 0.05) is 13.1 Å². The van der Waals surface area contributed by atoms with Crippen LogP contribution in [0.15, 0.2) is 0 Å². The fourth-order valence-corrected chi connectivity index (χ4v) is 2.34. The summed E-state index contributed by atoms with van der Waals surface area (Å²) < 4.78 is 0. The molecule has 88 valence electrons. The molecule has 0 aromatic rings. The predicted molar refractivity (Wildman–Crippen MR) is 62.6 cm³/mol. The van der Waals surface area contributed by atoms with Gasteiger partial charge in [-0.3, -0.25) is 4.79 Å². The minimum atomic E-state index is -0.0689. The molecule has 1 fully saturated rings. The normalized spacial score (nSPS) is 33.5. The Kier molecular flexibility index (Phi) is 4.58. The fourth-order valence-electron chi connectivity index (χ4n) is 2.34. The highest BCUT2D eigenvalue weighted by molar-refractivity contribution is 5.80. The highest BCUT2D eigenvalue weighted by Crippen LogP contribution is 2.29. The fraction of sp³-hybridized carbons (Fsp3) is 0.917. The topological polar surface area (TPSA) is 41.1 Å². The van der Waals surface area contributed by atoms with Gasteiger partial charge in [-0.15, -0.1) is 0 Å². The van der Waals surface area contributed by atoms with Gasteiger partial charge in [0.05, 0.1) is 6.04 Å². The summed E-state index contributed by atoms with van der Waals surface area (Å²) in [5.74, 6) is 1.69. The Morgan fingerprint density at radius 1 is 1.27 bits per heavy atom. The van der Waals surface area contributed by atoms with E-state index in [0.717, 1.165) is 11.8 Å². The first-order valence-corrected chi connectivity index (χ1v) is 6.02. The Morgan fingerprint density at radius 2 is 1.93 bits per heavy atom. The molecular formula is C12H24N2O. The van der Waals surface area contributed by atoms with E-state index in [9.17, 15) is 4.79 Å². The molecule has 0 aliphatic heterocycles. The number of rotatable bonds is 3. The molecule has 1 amide bonds. The Balaban J connectivity index is 2.36. The lowest BCUT2D eigenvalue weighted by Crippen LogP contribution is -2.47. The van der Waals surface area contributed by atoms with Crippen molar-refractivity contribution in [2.45, 2.75) is 52.1 Å². The summed E-state index contributed by atoms with van der Waals surface area (Å²) in [6, 6.07) is 0.448. The first kappa shape index (κ1) is 12.5. The minimum Gasteiger partial charge on any atom is -0.358 e. The van der Waals surface area contributed by atoms with Gasteiger partial charge >= 0.3 is 0 Å². The number of carbonyl (C=O) groups excluding carboxylic acids is 1. The van der Waals surface area contributed by atoms with Gasteiger partial charge in [0.15, 0.2) is 0 Å². The zero-order valence-corrected chi connectivity index (χ0v) is 10.3. The third-order valence-electron chi connectivity index (χ3n) is 3.72. The number of hydrogen-bond donors (Lipinski definition) is 2. The van der Waals surface area contributed by atoms with E-state index in [0.29, 0.717) is 6.04 Å². The van der Waals surface area contributed by atoms with Crippen molar-refractivity contribution in [2.75, 3.05) is 7.05 Å². The van der Waals surface area contributed by atoms with Crippen LogP contribution in [-0.2, 0) is 4.79 Å². The van der Waals surface area contributed by atoms with Crippen molar-refractivity contribution in [1.29, 1.82) is 0 Å². The van der Waals surface area contributed by atoms with Gasteiger partial charge in [-0.05, 0) is 38.0 Å². The van der Waals surface area contributed by atoms with E-state index in [-0.39, 0.29) is 11.9 Å². The summed E-state index contributed by atoms with van der Waals surface area (Å²) in [4.78, 5) is 11.4. The monoisotopic (exact) mass is 212 g/mol. The molecule has 1 saturated carbocycles. The van der Waals surface area contributed by atoms with E-state index < -0.39 is 0 Å². The van der Waals surface area contributed by atoms with Crippen molar-refractivity contribution < 1.29 is 4.79 Å². The largest absolute Gasteiger partial charge is 0.358 e. The van der Waals surface area contributed by atoms with Gasteiger partial charge in [0.1, 0.15) is 0 Å². The Labute approximate surface area is 93.0 Å². The SMILES string of the molecule is CNC(=O)C(C)NC1CCC(C)C(C)C1. The summed E-state index contributed by atoms with van der Waals surface area (Å²) in [6.45, 7) is 6.56. The molecule has 0 aromatic heterocycles. The first-order chi connectivity index (χ1) is 7.04. The zero-order valence-electron chi connectivity index (χ0n) is 10.3. The average molecular weight is 212 g/mol. The Bertz CT molecular complexity index is 218. The van der Waals surface area contributed by atoms with Gasteiger partial charge in [-0.25, -0.2) is 0 Å². The van der Waals surface area contributed by atoms with Crippen LogP contribution >= 0.6 is 0 Å². The highest BCUT2D eigenvalue weighted by Gasteiger charge is 2.26. The third-order valence-corrected chi connectivity index (χ3v) is 3.72. The Hall–Kier alpha value is -0.570. The summed E-state index contributed by atoms with van der Waals surface area (Å²) in [5.41, 5.74) is 0. The van der Waals surface area contributed by atoms with Gasteiger partial charge < -0.3 is 10.6 Å². The van der Waals surface area contributed by atoms with E-state index >= 15 is 0 Å². The summed E-state index contributed by atoms with van der Waals surface area (Å²) >= 11 is 0. The number of likely N-dealkylation sites (N-methyl/N-ethyl adjacent to an activating group) is 1. The molecular weight excluding hydrogens is 188 g/mol. The quantitative estimate of drug-likeness (QED) is 0.745. The predicted octanol–water partition coefficient (Wildman–Crippen LogP) is 1.54. The van der Waals surface area contributed by atoms with Crippen LogP contribution in [0.3, 0.4) is 0 Å². The van der Waals surface area contributed by atoms with Crippen molar-refractivity contribution in [3.8, 4) is 0 Å². The molecule has 4 unspecified atom stereocenters. The zero-order chi connectivity index (χ0) is 11.4. The molecule has 1 rings (SSSR count). The number of carbonyl (C=O) groups is 1. The van der Waals surface area contributed by atoms with Crippen LogP contribution in [0, 0.1) is 11.8 Å². The van der Waals surface area contributed by atoms with Crippen LogP contribution in [0.5, 0.6) is 0 Å². The molecule has 0 heterocycles. The van der Waals surface area contributed by atoms with Gasteiger partial charge in [-0.2, -0.15) is 0 Å². The van der Waals surface area contributed by atoms with Crippen LogP contribution in [0.4, 0.5) is 0 Å². The highest BCUT2D eigenvalue weighted by atomic mass is 16.2. The molecule has 1 aliphatic rings. The molecule has 0 aromatic carbocycles. The lowest BCUT2D eigenvalue weighted by atomic mass is 9.79. The van der Waals surface area contributed by atoms with Crippen LogP contribution in [-0.4, -0.2) is 25.0 Å². The number of amides is 1. The van der Waals surface area contributed by atoms with Crippen molar-refractivity contribution in [1.82, 2.24) is 10.6 Å². The van der Waals surface area contributed by atoms with Crippen molar-refractivity contribution in [3.05, 3.63) is 0 Å². The lowest BCUT2D eigenvalue weighted by molar-refractivity contribution is -0.122. The van der Waals surface area contributed by atoms with Crippen LogP contribution in [0.1, 0.15) is 40.0 Å². The smallest absolute Gasteiger partial charge is 0.236 e. The molecule has 3 nitrogen and oxygen atoms in total. The maximum absolute atomic E-state index is 11.4. The summed E-state index contributed by atoms with van der Waals surface area (Å²) in [7, 11) is 1.69. The molecule has 0 radical (unpaired) electrons. The molecule has 0 bridgehead atoms. The van der Waals surface area contributed by atoms with Crippen molar-refractivity contribution >= 4 is 5.91 Å². The molecule has 0 spiro atoms. The van der Waals surface area contributed by atoms with E-state index in [1.54, 1.807) is 7.05 Å². The average Bonchev–Trinajstić information content (AvgIpc) is 2.22. The molecule has 4 atom stereocenters. The third kappa shape index (κ3) is 3.49. The second kappa shape index (κ2) is 5.50. The first-order valence-electron chi connectivity index (χ1n) is 6.02. The van der Waals surface area contributed by atoms with Crippen molar-refractivity contribution in [3.63, 3.8) is 0 Å². The van der Waals surface area contributed by atoms with E-state index in [4.69, 9.17) is 0 Å². The second-order valence-electron chi connectivity index (χ2n) is 4.97. The standard InChI is InChI=1S/C12H24N2O/c1-8-5-6-11(7-9(8)2)14-10(3)12(15)13-4/h8-11,14H,5-7H2,1-4H3,(H,13,15). The molecule has 2 N–H and O–H groups in total. The van der Waals surface area contributed by atoms with Crippen LogP contribution < -0.4 is 10.6 Å². The molecule has 15 heavy (non-hydrogen) atoms. The van der Waals surface area contributed by atoms with E-state index in [2.05, 4.69) is 24.5 Å². The minimum absolute atomic E-state index is 0.0689. The Morgan fingerprint density at radius 3 is 2.47 bits per heavy atom. The summed E-state index contributed by atoms with van der Waals surface area (Å²) in [5, 5.41) is 6.08. The van der Waals surface area contributed by atoms with Gasteiger partial charge in [0.25, 0.3) is 0 Å². The van der Waals surface area contributed by atoms with Crippen LogP contribution in [0.2, 0.25) is 0 Å². The second-order valence-corrected chi connectivity index (χ2v) is 4.97. The number of nitrogens with one attached hydrogen (secondary N) is 2. The maximum Gasteiger partial charge on any atom is 0.236 e. The number of hydrogen-bond acceptors (Lipinski definition) is 2. The molecule has 3 heteroatoms. The maximum atomic E-state index is 11.4. The molecule has 1 aliphatic carbocycles. The van der Waals surface area contributed by atoms with Crippen LogP contribution in [0.25, 0.3) is 0 Å². The van der Waals surface area contributed by atoms with E-state index in [1.807, 2.05) is 6.92 Å². The summed E-state index contributed by atoms with van der Waals surface area (Å²) in [6.07, 6.45) is 3.68.